The predicted octanol–water partition coefficient (Wildman–Crippen LogP) is 2.97. The lowest BCUT2D eigenvalue weighted by atomic mass is 10.2. The fraction of sp³-hybridized carbons (Fsp3) is 0.364. The van der Waals surface area contributed by atoms with Gasteiger partial charge in [0, 0.05) is 10.6 Å². The van der Waals surface area contributed by atoms with Crippen molar-refractivity contribution in [1.29, 1.82) is 0 Å². The number of thioether (sulfide) groups is 1. The summed E-state index contributed by atoms with van der Waals surface area (Å²) in [6.45, 7) is 1.77. The first-order valence-electron chi connectivity index (χ1n) is 5.24. The van der Waals surface area contributed by atoms with E-state index in [2.05, 4.69) is 5.32 Å². The van der Waals surface area contributed by atoms with Crippen LogP contribution in [0.2, 0.25) is 0 Å². The Balaban J connectivity index is 2.63. The summed E-state index contributed by atoms with van der Waals surface area (Å²) in [6, 6.07) is 4.80. The summed E-state index contributed by atoms with van der Waals surface area (Å²) < 4.78 is 36.2. The molecule has 1 rings (SSSR count). The van der Waals surface area contributed by atoms with Gasteiger partial charge in [-0.25, -0.2) is 0 Å². The number of rotatable bonds is 4. The molecule has 0 radical (unpaired) electrons. The standard InChI is InChI=1S/C11H13F3N2OS/c1-2-9(15)10(17)16-7-3-5-8(6-4-7)18-11(12,13)14/h3-6,9H,2,15H2,1H3,(H,16,17)/t9-/m0/s1. The molecule has 100 valence electrons. The summed E-state index contributed by atoms with van der Waals surface area (Å²) >= 11 is -0.198. The average Bonchev–Trinajstić information content (AvgIpc) is 2.28. The average molecular weight is 278 g/mol. The minimum atomic E-state index is -4.31. The number of hydrogen-bond acceptors (Lipinski definition) is 3. The molecule has 1 atom stereocenters. The molecule has 0 saturated carbocycles. The highest BCUT2D eigenvalue weighted by molar-refractivity contribution is 8.00. The van der Waals surface area contributed by atoms with Crippen LogP contribution in [0.3, 0.4) is 0 Å². The molecule has 1 amide bonds. The Kier molecular flexibility index (Phi) is 5.03. The van der Waals surface area contributed by atoms with Gasteiger partial charge in [-0.1, -0.05) is 6.92 Å². The lowest BCUT2D eigenvalue weighted by molar-refractivity contribution is -0.117. The van der Waals surface area contributed by atoms with Crippen molar-refractivity contribution in [1.82, 2.24) is 0 Å². The first-order chi connectivity index (χ1) is 8.31. The monoisotopic (exact) mass is 278 g/mol. The quantitative estimate of drug-likeness (QED) is 0.832. The van der Waals surface area contributed by atoms with Crippen molar-refractivity contribution in [2.24, 2.45) is 5.73 Å². The molecule has 7 heteroatoms. The molecule has 0 spiro atoms. The molecule has 1 aromatic rings. The largest absolute Gasteiger partial charge is 0.446 e. The van der Waals surface area contributed by atoms with Gasteiger partial charge in [0.15, 0.2) is 0 Å². The number of nitrogens with two attached hydrogens (primary N) is 1. The Morgan fingerprint density at radius 1 is 1.39 bits per heavy atom. The molecule has 0 heterocycles. The highest BCUT2D eigenvalue weighted by Gasteiger charge is 2.29. The van der Waals surface area contributed by atoms with E-state index in [1.165, 1.54) is 24.3 Å². The molecule has 0 fully saturated rings. The normalized spacial score (nSPS) is 13.2. The van der Waals surface area contributed by atoms with Crippen molar-refractivity contribution in [3.63, 3.8) is 0 Å². The number of alkyl halides is 3. The predicted molar refractivity (Wildman–Crippen MR) is 65.3 cm³/mol. The first kappa shape index (κ1) is 14.8. The minimum absolute atomic E-state index is 0.0697. The summed E-state index contributed by atoms with van der Waals surface area (Å²) in [5.74, 6) is -0.353. The van der Waals surface area contributed by atoms with Gasteiger partial charge in [0.1, 0.15) is 0 Å². The van der Waals surface area contributed by atoms with E-state index in [4.69, 9.17) is 5.73 Å². The smallest absolute Gasteiger partial charge is 0.325 e. The molecule has 0 bridgehead atoms. The summed E-state index contributed by atoms with van der Waals surface area (Å²) in [7, 11) is 0. The maximum absolute atomic E-state index is 12.1. The second-order valence-electron chi connectivity index (χ2n) is 3.58. The zero-order chi connectivity index (χ0) is 13.8. The first-order valence-corrected chi connectivity index (χ1v) is 6.05. The van der Waals surface area contributed by atoms with Crippen LogP contribution >= 0.6 is 11.8 Å². The Bertz CT molecular complexity index is 406. The fourth-order valence-electron chi connectivity index (χ4n) is 1.16. The van der Waals surface area contributed by atoms with Crippen LogP contribution in [-0.4, -0.2) is 17.5 Å². The number of carbonyl (C=O) groups is 1. The summed E-state index contributed by atoms with van der Waals surface area (Å²) in [4.78, 5) is 11.5. The van der Waals surface area contributed by atoms with Gasteiger partial charge in [0.05, 0.1) is 6.04 Å². The van der Waals surface area contributed by atoms with Crippen LogP contribution in [0, 0.1) is 0 Å². The Labute approximate surface area is 107 Å². The second kappa shape index (κ2) is 6.10. The summed E-state index contributed by atoms with van der Waals surface area (Å²) in [6.07, 6.45) is 0.494. The lowest BCUT2D eigenvalue weighted by Gasteiger charge is -2.10. The van der Waals surface area contributed by atoms with Gasteiger partial charge >= 0.3 is 5.51 Å². The topological polar surface area (TPSA) is 55.1 Å². The summed E-state index contributed by atoms with van der Waals surface area (Å²) in [5.41, 5.74) is 1.63. The van der Waals surface area contributed by atoms with Gasteiger partial charge in [-0.05, 0) is 42.4 Å². The van der Waals surface area contributed by atoms with Gasteiger partial charge in [-0.3, -0.25) is 4.79 Å². The van der Waals surface area contributed by atoms with Crippen LogP contribution in [0.5, 0.6) is 0 Å². The van der Waals surface area contributed by atoms with Crippen LogP contribution in [0.25, 0.3) is 0 Å². The van der Waals surface area contributed by atoms with Crippen molar-refractivity contribution in [3.8, 4) is 0 Å². The number of halogens is 3. The number of benzene rings is 1. The Morgan fingerprint density at radius 2 is 1.94 bits per heavy atom. The Hall–Kier alpha value is -1.21. The molecular weight excluding hydrogens is 265 g/mol. The highest BCUT2D eigenvalue weighted by Crippen LogP contribution is 2.36. The molecule has 0 aliphatic carbocycles. The fourth-order valence-corrected chi connectivity index (χ4v) is 1.70. The number of amides is 1. The third kappa shape index (κ3) is 4.97. The number of nitrogens with one attached hydrogen (secondary N) is 1. The van der Waals surface area contributed by atoms with Crippen LogP contribution in [0.4, 0.5) is 18.9 Å². The zero-order valence-electron chi connectivity index (χ0n) is 9.62. The van der Waals surface area contributed by atoms with Crippen molar-refractivity contribution in [2.45, 2.75) is 29.8 Å². The zero-order valence-corrected chi connectivity index (χ0v) is 10.4. The number of anilines is 1. The molecule has 0 aliphatic rings. The molecule has 0 aromatic heterocycles. The van der Waals surface area contributed by atoms with Crippen LogP contribution in [0.1, 0.15) is 13.3 Å². The van der Waals surface area contributed by atoms with E-state index in [1.54, 1.807) is 6.92 Å². The minimum Gasteiger partial charge on any atom is -0.325 e. The van der Waals surface area contributed by atoms with Crippen LogP contribution < -0.4 is 11.1 Å². The molecular formula is C11H13F3N2OS. The molecule has 0 aliphatic heterocycles. The lowest BCUT2D eigenvalue weighted by Crippen LogP contribution is -2.34. The second-order valence-corrected chi connectivity index (χ2v) is 4.71. The highest BCUT2D eigenvalue weighted by atomic mass is 32.2. The van der Waals surface area contributed by atoms with Gasteiger partial charge in [-0.15, -0.1) is 0 Å². The molecule has 3 N–H and O–H groups in total. The Morgan fingerprint density at radius 3 is 2.39 bits per heavy atom. The van der Waals surface area contributed by atoms with E-state index in [9.17, 15) is 18.0 Å². The van der Waals surface area contributed by atoms with Gasteiger partial charge < -0.3 is 11.1 Å². The SMILES string of the molecule is CC[C@H](N)C(=O)Nc1ccc(SC(F)(F)F)cc1. The maximum Gasteiger partial charge on any atom is 0.446 e. The summed E-state index contributed by atoms with van der Waals surface area (Å²) in [5, 5.41) is 2.53. The van der Waals surface area contributed by atoms with E-state index in [1.807, 2.05) is 0 Å². The molecule has 1 aromatic carbocycles. The van der Waals surface area contributed by atoms with Crippen LogP contribution in [0.15, 0.2) is 29.2 Å². The van der Waals surface area contributed by atoms with E-state index in [-0.39, 0.29) is 22.6 Å². The van der Waals surface area contributed by atoms with Crippen LogP contribution in [-0.2, 0) is 4.79 Å². The van der Waals surface area contributed by atoms with E-state index in [0.717, 1.165) is 0 Å². The van der Waals surface area contributed by atoms with Crippen molar-refractivity contribution in [3.05, 3.63) is 24.3 Å². The number of carbonyl (C=O) groups excluding carboxylic acids is 1. The molecule has 0 saturated heterocycles. The maximum atomic E-state index is 12.1. The van der Waals surface area contributed by atoms with Gasteiger partial charge in [-0.2, -0.15) is 13.2 Å². The van der Waals surface area contributed by atoms with Crippen molar-refractivity contribution in [2.75, 3.05) is 5.32 Å². The molecule has 18 heavy (non-hydrogen) atoms. The van der Waals surface area contributed by atoms with Gasteiger partial charge in [0.25, 0.3) is 0 Å². The van der Waals surface area contributed by atoms with Crippen molar-refractivity contribution >= 4 is 23.4 Å². The molecule has 0 unspecified atom stereocenters. The van der Waals surface area contributed by atoms with Gasteiger partial charge in [0.2, 0.25) is 5.91 Å². The van der Waals surface area contributed by atoms with E-state index in [0.29, 0.717) is 12.1 Å². The third-order valence-electron chi connectivity index (χ3n) is 2.13. The van der Waals surface area contributed by atoms with E-state index >= 15 is 0 Å². The third-order valence-corrected chi connectivity index (χ3v) is 2.87. The van der Waals surface area contributed by atoms with Crippen molar-refractivity contribution < 1.29 is 18.0 Å². The van der Waals surface area contributed by atoms with E-state index < -0.39 is 11.6 Å². The molecule has 3 nitrogen and oxygen atoms in total. The number of hydrogen-bond donors (Lipinski definition) is 2.